The molecule has 1 N–H and O–H groups in total. The topological polar surface area (TPSA) is 72.2 Å². The second-order valence-corrected chi connectivity index (χ2v) is 2.80. The van der Waals surface area contributed by atoms with Gasteiger partial charge in [0.2, 0.25) is 0 Å². The molecule has 0 heterocycles. The molecule has 0 aliphatic carbocycles. The molecule has 5 heteroatoms. The van der Waals surface area contributed by atoms with Crippen LogP contribution >= 0.6 is 0 Å². The van der Waals surface area contributed by atoms with Crippen molar-refractivity contribution in [1.82, 2.24) is 0 Å². The monoisotopic (exact) mass is 194 g/mol. The van der Waals surface area contributed by atoms with Crippen LogP contribution in [0.1, 0.15) is 17.3 Å². The molecule has 1 aromatic rings. The van der Waals surface area contributed by atoms with Crippen LogP contribution in [0, 0.1) is 10.1 Å². The van der Waals surface area contributed by atoms with E-state index in [4.69, 9.17) is 0 Å². The zero-order valence-corrected chi connectivity index (χ0v) is 7.90. The van der Waals surface area contributed by atoms with Gasteiger partial charge in [-0.25, -0.2) is 0 Å². The van der Waals surface area contributed by atoms with E-state index < -0.39 is 4.92 Å². The first-order chi connectivity index (χ1) is 6.56. The highest BCUT2D eigenvalue weighted by molar-refractivity contribution is 5.95. The molecule has 0 spiro atoms. The lowest BCUT2D eigenvalue weighted by Gasteiger charge is -2.03. The van der Waals surface area contributed by atoms with E-state index in [0.29, 0.717) is 11.3 Å². The molecule has 1 aromatic carbocycles. The van der Waals surface area contributed by atoms with Gasteiger partial charge in [-0.15, -0.1) is 0 Å². The summed E-state index contributed by atoms with van der Waals surface area (Å²) in [5.74, 6) is -0.114. The van der Waals surface area contributed by atoms with E-state index >= 15 is 0 Å². The van der Waals surface area contributed by atoms with Crippen molar-refractivity contribution in [2.75, 3.05) is 12.4 Å². The molecule has 0 aliphatic heterocycles. The number of nitrogens with one attached hydrogen (secondary N) is 1. The Morgan fingerprint density at radius 2 is 2.14 bits per heavy atom. The highest BCUT2D eigenvalue weighted by Crippen LogP contribution is 2.24. The number of hydrogen-bond donors (Lipinski definition) is 1. The number of nitrogens with zero attached hydrogens (tertiary/aromatic N) is 1. The van der Waals surface area contributed by atoms with Crippen molar-refractivity contribution in [1.29, 1.82) is 0 Å². The molecular weight excluding hydrogens is 184 g/mol. The summed E-state index contributed by atoms with van der Waals surface area (Å²) in [4.78, 5) is 21.0. The third kappa shape index (κ3) is 1.87. The van der Waals surface area contributed by atoms with E-state index in [2.05, 4.69) is 5.32 Å². The van der Waals surface area contributed by atoms with Crippen molar-refractivity contribution < 1.29 is 9.72 Å². The SMILES string of the molecule is CNc1cc(C(C)=O)ccc1[N+](=O)[O-]. The first kappa shape index (κ1) is 10.2. The second kappa shape index (κ2) is 3.87. The Morgan fingerprint density at radius 1 is 1.50 bits per heavy atom. The van der Waals surface area contributed by atoms with Gasteiger partial charge in [-0.05, 0) is 19.1 Å². The summed E-state index contributed by atoms with van der Waals surface area (Å²) < 4.78 is 0. The quantitative estimate of drug-likeness (QED) is 0.452. The highest BCUT2D eigenvalue weighted by atomic mass is 16.6. The smallest absolute Gasteiger partial charge is 0.292 e. The summed E-state index contributed by atoms with van der Waals surface area (Å²) in [5.41, 5.74) is 0.778. The highest BCUT2D eigenvalue weighted by Gasteiger charge is 2.13. The van der Waals surface area contributed by atoms with Crippen LogP contribution in [0.15, 0.2) is 18.2 Å². The van der Waals surface area contributed by atoms with Crippen LogP contribution in [0.4, 0.5) is 11.4 Å². The van der Waals surface area contributed by atoms with E-state index in [1.54, 1.807) is 7.05 Å². The lowest BCUT2D eigenvalue weighted by atomic mass is 10.1. The summed E-state index contributed by atoms with van der Waals surface area (Å²) >= 11 is 0. The summed E-state index contributed by atoms with van der Waals surface area (Å²) in [6.07, 6.45) is 0. The predicted octanol–water partition coefficient (Wildman–Crippen LogP) is 1.84. The number of rotatable bonds is 3. The number of carbonyl (C=O) groups is 1. The van der Waals surface area contributed by atoms with Gasteiger partial charge in [0, 0.05) is 18.7 Å². The van der Waals surface area contributed by atoms with E-state index in [-0.39, 0.29) is 11.5 Å². The first-order valence-electron chi connectivity index (χ1n) is 4.03. The Hall–Kier alpha value is -1.91. The molecule has 0 aromatic heterocycles. The van der Waals surface area contributed by atoms with Gasteiger partial charge in [-0.3, -0.25) is 14.9 Å². The van der Waals surface area contributed by atoms with E-state index in [9.17, 15) is 14.9 Å². The van der Waals surface area contributed by atoms with Crippen molar-refractivity contribution in [3.63, 3.8) is 0 Å². The fourth-order valence-corrected chi connectivity index (χ4v) is 1.11. The van der Waals surface area contributed by atoms with Crippen molar-refractivity contribution in [3.8, 4) is 0 Å². The van der Waals surface area contributed by atoms with Crippen LogP contribution in [-0.2, 0) is 0 Å². The Morgan fingerprint density at radius 3 is 2.57 bits per heavy atom. The molecule has 0 aliphatic rings. The van der Waals surface area contributed by atoms with Crippen LogP contribution in [-0.4, -0.2) is 17.8 Å². The van der Waals surface area contributed by atoms with Gasteiger partial charge in [0.15, 0.2) is 5.78 Å². The first-order valence-corrected chi connectivity index (χ1v) is 4.03. The minimum atomic E-state index is -0.490. The van der Waals surface area contributed by atoms with Gasteiger partial charge >= 0.3 is 0 Å². The fraction of sp³-hybridized carbons (Fsp3) is 0.222. The molecule has 0 bridgehead atoms. The van der Waals surface area contributed by atoms with Crippen LogP contribution < -0.4 is 5.32 Å². The van der Waals surface area contributed by atoms with E-state index in [1.807, 2.05) is 0 Å². The molecule has 1 rings (SSSR count). The van der Waals surface area contributed by atoms with E-state index in [0.717, 1.165) is 0 Å². The molecule has 0 atom stereocenters. The summed E-state index contributed by atoms with van der Waals surface area (Å²) in [7, 11) is 1.58. The average Bonchev–Trinajstić information content (AvgIpc) is 2.16. The van der Waals surface area contributed by atoms with Crippen LogP contribution in [0.5, 0.6) is 0 Å². The summed E-state index contributed by atoms with van der Waals surface area (Å²) in [6.45, 7) is 1.42. The molecule has 0 unspecified atom stereocenters. The summed E-state index contributed by atoms with van der Waals surface area (Å²) in [5, 5.41) is 13.2. The molecule has 0 radical (unpaired) electrons. The number of anilines is 1. The average molecular weight is 194 g/mol. The Balaban J connectivity index is 3.25. The maximum atomic E-state index is 11.0. The number of hydrogen-bond acceptors (Lipinski definition) is 4. The standard InChI is InChI=1S/C9H10N2O3/c1-6(12)7-3-4-9(11(13)14)8(5-7)10-2/h3-5,10H,1-2H3. The second-order valence-electron chi connectivity index (χ2n) is 2.80. The van der Waals surface area contributed by atoms with Crippen molar-refractivity contribution >= 4 is 17.2 Å². The number of carbonyl (C=O) groups excluding carboxylic acids is 1. The van der Waals surface area contributed by atoms with Crippen LogP contribution in [0.2, 0.25) is 0 Å². The third-order valence-electron chi connectivity index (χ3n) is 1.87. The van der Waals surface area contributed by atoms with Gasteiger partial charge in [-0.2, -0.15) is 0 Å². The van der Waals surface area contributed by atoms with Gasteiger partial charge in [0.05, 0.1) is 4.92 Å². The van der Waals surface area contributed by atoms with Gasteiger partial charge in [0.25, 0.3) is 5.69 Å². The van der Waals surface area contributed by atoms with Crippen molar-refractivity contribution in [3.05, 3.63) is 33.9 Å². The van der Waals surface area contributed by atoms with Crippen molar-refractivity contribution in [2.45, 2.75) is 6.92 Å². The van der Waals surface area contributed by atoms with Crippen molar-refractivity contribution in [2.24, 2.45) is 0 Å². The number of benzene rings is 1. The predicted molar refractivity (Wildman–Crippen MR) is 52.6 cm³/mol. The normalized spacial score (nSPS) is 9.57. The molecular formula is C9H10N2O3. The number of Topliss-reactive ketones (excluding diaryl/α,β-unsaturated/α-hetero) is 1. The lowest BCUT2D eigenvalue weighted by Crippen LogP contribution is -1.99. The molecule has 0 saturated carbocycles. The van der Waals surface area contributed by atoms with Gasteiger partial charge in [-0.1, -0.05) is 0 Å². The van der Waals surface area contributed by atoms with E-state index in [1.165, 1.54) is 25.1 Å². The Bertz CT molecular complexity index is 388. The van der Waals surface area contributed by atoms with Crippen LogP contribution in [0.25, 0.3) is 0 Å². The molecule has 14 heavy (non-hydrogen) atoms. The largest absolute Gasteiger partial charge is 0.383 e. The zero-order valence-electron chi connectivity index (χ0n) is 7.90. The maximum Gasteiger partial charge on any atom is 0.292 e. The lowest BCUT2D eigenvalue weighted by molar-refractivity contribution is -0.383. The zero-order chi connectivity index (χ0) is 10.7. The Labute approximate surface area is 80.9 Å². The minimum Gasteiger partial charge on any atom is -0.383 e. The molecule has 74 valence electrons. The minimum absolute atomic E-state index is 0.0301. The molecule has 0 amide bonds. The third-order valence-corrected chi connectivity index (χ3v) is 1.87. The molecule has 0 fully saturated rings. The molecule has 5 nitrogen and oxygen atoms in total. The summed E-state index contributed by atoms with van der Waals surface area (Å²) in [6, 6.07) is 4.24. The number of ketones is 1. The maximum absolute atomic E-state index is 11.0. The molecule has 0 saturated heterocycles. The van der Waals surface area contributed by atoms with Gasteiger partial charge in [0.1, 0.15) is 5.69 Å². The van der Waals surface area contributed by atoms with Gasteiger partial charge < -0.3 is 5.32 Å². The number of nitro groups is 1. The fourth-order valence-electron chi connectivity index (χ4n) is 1.11. The number of nitro benzene ring substituents is 1. The Kier molecular flexibility index (Phi) is 2.81. The van der Waals surface area contributed by atoms with Crippen LogP contribution in [0.3, 0.4) is 0 Å².